The van der Waals surface area contributed by atoms with E-state index in [4.69, 9.17) is 16.7 Å². The SMILES string of the molecule is O=C(O)CCCNC(=O)c1ccc(Cl)cc1O.[CaH2]. The van der Waals surface area contributed by atoms with Gasteiger partial charge in [-0.3, -0.25) is 9.59 Å². The van der Waals surface area contributed by atoms with Crippen molar-refractivity contribution in [2.45, 2.75) is 12.8 Å². The van der Waals surface area contributed by atoms with E-state index in [0.29, 0.717) is 11.4 Å². The third kappa shape index (κ3) is 5.91. The number of carbonyl (C=O) groups is 2. The molecule has 0 unspecified atom stereocenters. The number of phenolic OH excluding ortho intramolecular Hbond substituents is 1. The molecule has 3 N–H and O–H groups in total. The number of hydrogen-bond donors (Lipinski definition) is 3. The number of phenols is 1. The summed E-state index contributed by atoms with van der Waals surface area (Å²) >= 11 is 5.63. The fourth-order valence-electron chi connectivity index (χ4n) is 1.23. The zero-order valence-corrected chi connectivity index (χ0v) is 9.70. The first-order valence-electron chi connectivity index (χ1n) is 4.99. The molecular weight excluding hydrogens is 286 g/mol. The van der Waals surface area contributed by atoms with Crippen molar-refractivity contribution >= 4 is 61.2 Å². The van der Waals surface area contributed by atoms with Gasteiger partial charge in [0.25, 0.3) is 5.91 Å². The molecule has 0 aliphatic rings. The first kappa shape index (κ1) is 17.5. The fraction of sp³-hybridized carbons (Fsp3) is 0.273. The molecular formula is C11H14CaClNO4. The van der Waals surface area contributed by atoms with Crippen molar-refractivity contribution < 1.29 is 19.8 Å². The molecule has 0 saturated heterocycles. The Labute approximate surface area is 139 Å². The summed E-state index contributed by atoms with van der Waals surface area (Å²) in [7, 11) is 0. The van der Waals surface area contributed by atoms with Crippen molar-refractivity contribution in [2.24, 2.45) is 0 Å². The molecule has 0 atom stereocenters. The predicted molar refractivity (Wildman–Crippen MR) is 70.9 cm³/mol. The molecule has 7 heteroatoms. The van der Waals surface area contributed by atoms with E-state index in [9.17, 15) is 14.7 Å². The molecule has 0 heterocycles. The molecule has 1 rings (SSSR count). The molecule has 0 radical (unpaired) electrons. The zero-order chi connectivity index (χ0) is 12.8. The Balaban J connectivity index is 0.00000289. The number of aliphatic carboxylic acids is 1. The molecule has 0 aromatic heterocycles. The minimum atomic E-state index is -0.909. The van der Waals surface area contributed by atoms with Crippen LogP contribution < -0.4 is 5.32 Å². The number of halogens is 1. The fourth-order valence-corrected chi connectivity index (χ4v) is 1.40. The number of carboxylic acids is 1. The molecule has 1 aromatic carbocycles. The Morgan fingerprint density at radius 2 is 2.00 bits per heavy atom. The monoisotopic (exact) mass is 299 g/mol. The maximum absolute atomic E-state index is 11.6. The molecule has 1 amide bonds. The minimum absolute atomic E-state index is 0. The summed E-state index contributed by atoms with van der Waals surface area (Å²) in [6.07, 6.45) is 0.336. The maximum atomic E-state index is 11.6. The van der Waals surface area contributed by atoms with Crippen molar-refractivity contribution in [1.82, 2.24) is 5.32 Å². The third-order valence-electron chi connectivity index (χ3n) is 2.06. The van der Waals surface area contributed by atoms with Gasteiger partial charge >= 0.3 is 43.7 Å². The van der Waals surface area contributed by atoms with E-state index in [1.165, 1.54) is 18.2 Å². The average Bonchev–Trinajstić information content (AvgIpc) is 2.23. The van der Waals surface area contributed by atoms with Crippen molar-refractivity contribution in [2.75, 3.05) is 6.54 Å². The van der Waals surface area contributed by atoms with Crippen molar-refractivity contribution in [3.05, 3.63) is 28.8 Å². The summed E-state index contributed by atoms with van der Waals surface area (Å²) in [6.45, 7) is 0.243. The Morgan fingerprint density at radius 3 is 2.56 bits per heavy atom. The second-order valence-electron chi connectivity index (χ2n) is 3.41. The number of amides is 1. The molecule has 0 bridgehead atoms. The molecule has 5 nitrogen and oxygen atoms in total. The second kappa shape index (κ2) is 8.58. The van der Waals surface area contributed by atoms with Crippen molar-refractivity contribution in [3.63, 3.8) is 0 Å². The summed E-state index contributed by atoms with van der Waals surface area (Å²) < 4.78 is 0. The normalized spacial score (nSPS) is 9.39. The molecule has 1 aromatic rings. The first-order chi connectivity index (χ1) is 8.00. The summed E-state index contributed by atoms with van der Waals surface area (Å²) in [5, 5.41) is 20.7. The number of hydrogen-bond acceptors (Lipinski definition) is 3. The third-order valence-corrected chi connectivity index (χ3v) is 2.29. The van der Waals surface area contributed by atoms with Crippen LogP contribution in [0.5, 0.6) is 5.75 Å². The van der Waals surface area contributed by atoms with Crippen molar-refractivity contribution in [3.8, 4) is 5.75 Å². The van der Waals surface area contributed by atoms with Crippen LogP contribution in [0.3, 0.4) is 0 Å². The molecule has 96 valence electrons. The summed E-state index contributed by atoms with van der Waals surface area (Å²) in [4.78, 5) is 21.8. The average molecular weight is 300 g/mol. The number of carboxylic acid groups (broad SMARTS) is 1. The van der Waals surface area contributed by atoms with Crippen LogP contribution in [-0.2, 0) is 4.79 Å². The van der Waals surface area contributed by atoms with E-state index < -0.39 is 11.9 Å². The van der Waals surface area contributed by atoms with E-state index >= 15 is 0 Å². The van der Waals surface area contributed by atoms with Crippen LogP contribution in [0.4, 0.5) is 0 Å². The van der Waals surface area contributed by atoms with Gasteiger partial charge in [-0.05, 0) is 24.6 Å². The van der Waals surface area contributed by atoms with Crippen molar-refractivity contribution in [1.29, 1.82) is 0 Å². The van der Waals surface area contributed by atoms with Crippen LogP contribution in [0.2, 0.25) is 5.02 Å². The molecule has 0 fully saturated rings. The van der Waals surface area contributed by atoms with E-state index in [2.05, 4.69) is 5.32 Å². The topological polar surface area (TPSA) is 86.6 Å². The van der Waals surface area contributed by atoms with E-state index in [1.807, 2.05) is 0 Å². The molecule has 18 heavy (non-hydrogen) atoms. The standard InChI is InChI=1S/C11H12ClNO4.Ca.2H/c12-7-3-4-8(9(14)6-7)11(17)13-5-1-2-10(15)16;;;/h3-4,6,14H,1-2,5H2,(H,13,17)(H,15,16);;;. The van der Waals surface area contributed by atoms with Crippen LogP contribution in [0, 0.1) is 0 Å². The van der Waals surface area contributed by atoms with Gasteiger partial charge in [0.15, 0.2) is 0 Å². The van der Waals surface area contributed by atoms with Crippen LogP contribution in [-0.4, -0.2) is 66.4 Å². The van der Waals surface area contributed by atoms with Crippen LogP contribution >= 0.6 is 11.6 Å². The summed E-state index contributed by atoms with van der Waals surface area (Å²) in [6, 6.07) is 4.17. The number of benzene rings is 1. The van der Waals surface area contributed by atoms with Gasteiger partial charge in [-0.1, -0.05) is 11.6 Å². The van der Waals surface area contributed by atoms with Gasteiger partial charge in [0.1, 0.15) is 5.75 Å². The van der Waals surface area contributed by atoms with Gasteiger partial charge in [-0.25, -0.2) is 0 Å². The Bertz CT molecular complexity index is 439. The Hall–Kier alpha value is -0.490. The van der Waals surface area contributed by atoms with Gasteiger partial charge in [0.05, 0.1) is 5.56 Å². The number of nitrogens with one attached hydrogen (secondary N) is 1. The number of rotatable bonds is 5. The van der Waals surface area contributed by atoms with Crippen LogP contribution in [0.25, 0.3) is 0 Å². The molecule has 0 aliphatic heterocycles. The van der Waals surface area contributed by atoms with Gasteiger partial charge in [0, 0.05) is 18.0 Å². The zero-order valence-electron chi connectivity index (χ0n) is 8.94. The molecule has 0 saturated carbocycles. The Morgan fingerprint density at radius 1 is 1.33 bits per heavy atom. The van der Waals surface area contributed by atoms with Crippen LogP contribution in [0.1, 0.15) is 23.2 Å². The van der Waals surface area contributed by atoms with E-state index in [-0.39, 0.29) is 62.0 Å². The number of carbonyl (C=O) groups excluding carboxylic acids is 1. The van der Waals surface area contributed by atoms with Gasteiger partial charge in [0.2, 0.25) is 0 Å². The first-order valence-corrected chi connectivity index (χ1v) is 5.37. The van der Waals surface area contributed by atoms with E-state index in [1.54, 1.807) is 0 Å². The van der Waals surface area contributed by atoms with E-state index in [0.717, 1.165) is 0 Å². The van der Waals surface area contributed by atoms with Gasteiger partial charge in [-0.15, -0.1) is 0 Å². The Kier molecular flexibility index (Phi) is 8.35. The quantitative estimate of drug-likeness (QED) is 0.552. The number of aromatic hydroxyl groups is 1. The summed E-state index contributed by atoms with van der Waals surface area (Å²) in [5.41, 5.74) is 0.115. The molecule has 0 aliphatic carbocycles. The van der Waals surface area contributed by atoms with Crippen LogP contribution in [0.15, 0.2) is 18.2 Å². The predicted octanol–water partition coefficient (Wildman–Crippen LogP) is 0.724. The van der Waals surface area contributed by atoms with Gasteiger partial charge in [-0.2, -0.15) is 0 Å². The summed E-state index contributed by atoms with van der Waals surface area (Å²) in [5.74, 6) is -1.56. The second-order valence-corrected chi connectivity index (χ2v) is 3.85. The van der Waals surface area contributed by atoms with Gasteiger partial charge < -0.3 is 15.5 Å². The molecule has 0 spiro atoms.